The van der Waals surface area contributed by atoms with Gasteiger partial charge in [0.2, 0.25) is 6.79 Å². The minimum atomic E-state index is -0.107. The smallest absolute Gasteiger partial charge is 0.231 e. The Bertz CT molecular complexity index is 406. The van der Waals surface area contributed by atoms with E-state index in [2.05, 4.69) is 5.32 Å². The van der Waals surface area contributed by atoms with Gasteiger partial charge in [0.15, 0.2) is 17.3 Å². The second-order valence-corrected chi connectivity index (χ2v) is 3.52. The van der Waals surface area contributed by atoms with E-state index >= 15 is 0 Å². The standard InChI is InChI=1S/C10H10ClNO3/c1-12-4-7(13)9-6(11)2-3-8-10(9)15-5-14-8/h2-3,12H,4-5H2,1H3. The summed E-state index contributed by atoms with van der Waals surface area (Å²) in [6.07, 6.45) is 0. The van der Waals surface area contributed by atoms with Gasteiger partial charge in [0, 0.05) is 0 Å². The summed E-state index contributed by atoms with van der Waals surface area (Å²) in [5, 5.41) is 3.17. The highest BCUT2D eigenvalue weighted by Crippen LogP contribution is 2.39. The molecule has 0 saturated carbocycles. The summed E-state index contributed by atoms with van der Waals surface area (Å²) in [7, 11) is 1.70. The van der Waals surface area contributed by atoms with Gasteiger partial charge in [-0.2, -0.15) is 0 Å². The Hall–Kier alpha value is -1.26. The first kappa shape index (κ1) is 10.3. The van der Waals surface area contributed by atoms with Crippen LogP contribution in [-0.4, -0.2) is 26.2 Å². The van der Waals surface area contributed by atoms with E-state index in [0.717, 1.165) is 0 Å². The van der Waals surface area contributed by atoms with E-state index in [1.165, 1.54) is 0 Å². The van der Waals surface area contributed by atoms with Gasteiger partial charge in [-0.25, -0.2) is 0 Å². The normalized spacial score (nSPS) is 12.9. The average molecular weight is 228 g/mol. The summed E-state index contributed by atoms with van der Waals surface area (Å²) in [6, 6.07) is 3.33. The predicted molar refractivity (Wildman–Crippen MR) is 55.8 cm³/mol. The number of benzene rings is 1. The molecule has 5 heteroatoms. The molecule has 1 aromatic rings. The molecule has 1 aliphatic rings. The molecule has 0 spiro atoms. The predicted octanol–water partition coefficient (Wildman–Crippen LogP) is 1.47. The molecule has 0 saturated heterocycles. The van der Waals surface area contributed by atoms with Crippen LogP contribution in [0.3, 0.4) is 0 Å². The molecule has 0 unspecified atom stereocenters. The zero-order valence-electron chi connectivity index (χ0n) is 8.17. The van der Waals surface area contributed by atoms with Crippen molar-refractivity contribution in [2.45, 2.75) is 0 Å². The fourth-order valence-electron chi connectivity index (χ4n) is 1.46. The summed E-state index contributed by atoms with van der Waals surface area (Å²) < 4.78 is 10.4. The maximum absolute atomic E-state index is 11.7. The van der Waals surface area contributed by atoms with Crippen LogP contribution >= 0.6 is 11.6 Å². The summed E-state index contributed by atoms with van der Waals surface area (Å²) in [4.78, 5) is 11.7. The van der Waals surface area contributed by atoms with Crippen LogP contribution < -0.4 is 14.8 Å². The van der Waals surface area contributed by atoms with Crippen LogP contribution in [0.2, 0.25) is 5.02 Å². The highest BCUT2D eigenvalue weighted by Gasteiger charge is 2.24. The summed E-state index contributed by atoms with van der Waals surface area (Å²) in [5.41, 5.74) is 0.390. The summed E-state index contributed by atoms with van der Waals surface area (Å²) in [6.45, 7) is 0.356. The van der Waals surface area contributed by atoms with Crippen LogP contribution in [0.25, 0.3) is 0 Å². The van der Waals surface area contributed by atoms with Gasteiger partial charge in [-0.05, 0) is 19.2 Å². The van der Waals surface area contributed by atoms with E-state index in [4.69, 9.17) is 21.1 Å². The van der Waals surface area contributed by atoms with E-state index < -0.39 is 0 Å². The lowest BCUT2D eigenvalue weighted by molar-refractivity contribution is 0.0989. The second kappa shape index (κ2) is 4.08. The van der Waals surface area contributed by atoms with Crippen molar-refractivity contribution in [3.05, 3.63) is 22.7 Å². The van der Waals surface area contributed by atoms with Gasteiger partial charge in [0.05, 0.1) is 17.1 Å². The second-order valence-electron chi connectivity index (χ2n) is 3.11. The summed E-state index contributed by atoms with van der Waals surface area (Å²) >= 11 is 5.95. The third kappa shape index (κ3) is 1.78. The molecule has 0 fully saturated rings. The molecule has 1 N–H and O–H groups in total. The van der Waals surface area contributed by atoms with Crippen molar-refractivity contribution in [2.75, 3.05) is 20.4 Å². The molecule has 0 amide bonds. The first-order valence-corrected chi connectivity index (χ1v) is 4.87. The van der Waals surface area contributed by atoms with Crippen molar-refractivity contribution in [2.24, 2.45) is 0 Å². The number of carbonyl (C=O) groups excluding carboxylic acids is 1. The number of hydrogen-bond acceptors (Lipinski definition) is 4. The number of carbonyl (C=O) groups is 1. The molecule has 80 valence electrons. The van der Waals surface area contributed by atoms with E-state index in [9.17, 15) is 4.79 Å². The van der Waals surface area contributed by atoms with Gasteiger partial charge in [-0.15, -0.1) is 0 Å². The fraction of sp³-hybridized carbons (Fsp3) is 0.300. The number of fused-ring (bicyclic) bond motifs is 1. The number of likely N-dealkylation sites (N-methyl/N-ethyl adjacent to an activating group) is 1. The average Bonchev–Trinajstić information content (AvgIpc) is 2.65. The summed E-state index contributed by atoms with van der Waals surface area (Å²) in [5.74, 6) is 0.909. The van der Waals surface area contributed by atoms with Gasteiger partial charge < -0.3 is 14.8 Å². The zero-order chi connectivity index (χ0) is 10.8. The van der Waals surface area contributed by atoms with E-state index in [-0.39, 0.29) is 19.1 Å². The lowest BCUT2D eigenvalue weighted by Crippen LogP contribution is -2.19. The lowest BCUT2D eigenvalue weighted by Gasteiger charge is -2.06. The molecular weight excluding hydrogens is 218 g/mol. The zero-order valence-corrected chi connectivity index (χ0v) is 8.93. The molecule has 1 heterocycles. The number of ketones is 1. The minimum Gasteiger partial charge on any atom is -0.454 e. The third-order valence-corrected chi connectivity index (χ3v) is 2.42. The number of ether oxygens (including phenoxy) is 2. The fourth-order valence-corrected chi connectivity index (χ4v) is 1.71. The number of rotatable bonds is 3. The van der Waals surface area contributed by atoms with Crippen molar-refractivity contribution in [3.63, 3.8) is 0 Å². The first-order chi connectivity index (χ1) is 7.24. The van der Waals surface area contributed by atoms with Crippen LogP contribution in [-0.2, 0) is 0 Å². The van der Waals surface area contributed by atoms with Gasteiger partial charge in [-0.1, -0.05) is 11.6 Å². The number of Topliss-reactive ketones (excluding diaryl/α,β-unsaturated/α-hetero) is 1. The van der Waals surface area contributed by atoms with Crippen molar-refractivity contribution in [1.29, 1.82) is 0 Å². The molecule has 1 aliphatic heterocycles. The molecule has 0 radical (unpaired) electrons. The Morgan fingerprint density at radius 3 is 3.07 bits per heavy atom. The van der Waals surface area contributed by atoms with Gasteiger partial charge >= 0.3 is 0 Å². The molecular formula is C10H10ClNO3. The Morgan fingerprint density at radius 1 is 1.53 bits per heavy atom. The van der Waals surface area contributed by atoms with E-state index in [1.807, 2.05) is 0 Å². The van der Waals surface area contributed by atoms with Crippen LogP contribution in [0.5, 0.6) is 11.5 Å². The molecule has 1 aromatic carbocycles. The molecule has 0 aliphatic carbocycles. The molecule has 15 heavy (non-hydrogen) atoms. The third-order valence-electron chi connectivity index (χ3n) is 2.10. The van der Waals surface area contributed by atoms with Crippen molar-refractivity contribution in [3.8, 4) is 11.5 Å². The SMILES string of the molecule is CNCC(=O)c1c(Cl)ccc2c1OCO2. The van der Waals surface area contributed by atoms with Crippen molar-refractivity contribution in [1.82, 2.24) is 5.32 Å². The molecule has 0 bridgehead atoms. The van der Waals surface area contributed by atoms with Crippen molar-refractivity contribution >= 4 is 17.4 Å². The molecule has 0 atom stereocenters. The number of halogens is 1. The van der Waals surface area contributed by atoms with E-state index in [1.54, 1.807) is 19.2 Å². The first-order valence-electron chi connectivity index (χ1n) is 4.50. The van der Waals surface area contributed by atoms with Crippen LogP contribution in [0.15, 0.2) is 12.1 Å². The highest BCUT2D eigenvalue weighted by molar-refractivity contribution is 6.34. The highest BCUT2D eigenvalue weighted by atomic mass is 35.5. The van der Waals surface area contributed by atoms with Crippen molar-refractivity contribution < 1.29 is 14.3 Å². The van der Waals surface area contributed by atoms with Gasteiger partial charge in [0.25, 0.3) is 0 Å². The molecule has 4 nitrogen and oxygen atoms in total. The van der Waals surface area contributed by atoms with Crippen LogP contribution in [0.4, 0.5) is 0 Å². The topological polar surface area (TPSA) is 47.6 Å². The number of nitrogens with one attached hydrogen (secondary N) is 1. The Morgan fingerprint density at radius 2 is 2.33 bits per heavy atom. The van der Waals surface area contributed by atoms with Gasteiger partial charge in [0.1, 0.15) is 0 Å². The monoisotopic (exact) mass is 227 g/mol. The maximum Gasteiger partial charge on any atom is 0.231 e. The quantitative estimate of drug-likeness (QED) is 0.795. The maximum atomic E-state index is 11.7. The van der Waals surface area contributed by atoms with Crippen LogP contribution in [0, 0.1) is 0 Å². The Labute approximate surface area is 92.1 Å². The Balaban J connectivity index is 2.45. The lowest BCUT2D eigenvalue weighted by atomic mass is 10.1. The van der Waals surface area contributed by atoms with Crippen LogP contribution in [0.1, 0.15) is 10.4 Å². The molecule has 2 rings (SSSR count). The largest absolute Gasteiger partial charge is 0.454 e. The molecule has 0 aromatic heterocycles. The number of hydrogen-bond donors (Lipinski definition) is 1. The van der Waals surface area contributed by atoms with E-state index in [0.29, 0.717) is 22.1 Å². The minimum absolute atomic E-state index is 0.107. The Kier molecular flexibility index (Phi) is 2.79. The van der Waals surface area contributed by atoms with Gasteiger partial charge in [-0.3, -0.25) is 4.79 Å².